The van der Waals surface area contributed by atoms with E-state index in [4.69, 9.17) is 0 Å². The molecular formula is C12H18BBrN. The summed E-state index contributed by atoms with van der Waals surface area (Å²) in [5.74, 6) is 0. The van der Waals surface area contributed by atoms with Crippen LogP contribution in [-0.4, -0.2) is 24.3 Å². The van der Waals surface area contributed by atoms with Gasteiger partial charge in [0.05, 0.1) is 0 Å². The quantitative estimate of drug-likeness (QED) is 0.758. The molecule has 0 bridgehead atoms. The van der Waals surface area contributed by atoms with Gasteiger partial charge in [-0.15, -0.1) is 0 Å². The van der Waals surface area contributed by atoms with Crippen molar-refractivity contribution < 1.29 is 0 Å². The van der Waals surface area contributed by atoms with Gasteiger partial charge in [-0.3, -0.25) is 0 Å². The van der Waals surface area contributed by atoms with Crippen molar-refractivity contribution in [1.82, 2.24) is 4.81 Å². The zero-order chi connectivity index (χ0) is 11.4. The fraction of sp³-hybridized carbons (Fsp3) is 0.500. The van der Waals surface area contributed by atoms with E-state index in [2.05, 4.69) is 74.0 Å². The van der Waals surface area contributed by atoms with E-state index in [0.717, 1.165) is 4.47 Å². The van der Waals surface area contributed by atoms with Crippen LogP contribution in [0.15, 0.2) is 28.7 Å². The van der Waals surface area contributed by atoms with Crippen molar-refractivity contribution in [2.75, 3.05) is 0 Å². The summed E-state index contributed by atoms with van der Waals surface area (Å²) in [7, 11) is 2.22. The van der Waals surface area contributed by atoms with Gasteiger partial charge in [0, 0.05) is 4.47 Å². The molecule has 0 spiro atoms. The molecule has 1 aromatic carbocycles. The van der Waals surface area contributed by atoms with Gasteiger partial charge in [-0.1, -0.05) is 67.3 Å². The van der Waals surface area contributed by atoms with Crippen LogP contribution in [0.2, 0.25) is 0 Å². The molecule has 0 aromatic heterocycles. The summed E-state index contributed by atoms with van der Waals surface area (Å²) in [6.45, 7) is 8.87. The number of nitrogens with zero attached hydrogens (tertiary/aromatic N) is 1. The van der Waals surface area contributed by atoms with Gasteiger partial charge in [0.2, 0.25) is 7.41 Å². The average Bonchev–Trinajstić information content (AvgIpc) is 2.13. The fourth-order valence-electron chi connectivity index (χ4n) is 1.65. The Labute approximate surface area is 102 Å². The maximum atomic E-state index is 3.49. The van der Waals surface area contributed by atoms with E-state index in [9.17, 15) is 0 Å². The number of hydrogen-bond donors (Lipinski definition) is 0. The van der Waals surface area contributed by atoms with E-state index in [1.54, 1.807) is 0 Å². The normalized spacial score (nSPS) is 11.5. The van der Waals surface area contributed by atoms with Crippen LogP contribution in [0, 0.1) is 0 Å². The van der Waals surface area contributed by atoms with Crippen LogP contribution in [0.4, 0.5) is 0 Å². The lowest BCUT2D eigenvalue weighted by Gasteiger charge is -2.30. The fourth-order valence-corrected chi connectivity index (χ4v) is 2.07. The lowest BCUT2D eigenvalue weighted by molar-refractivity contribution is 0.315. The van der Waals surface area contributed by atoms with E-state index < -0.39 is 0 Å². The molecule has 0 unspecified atom stereocenters. The van der Waals surface area contributed by atoms with Gasteiger partial charge in [-0.05, 0) is 18.2 Å². The molecule has 3 heteroatoms. The highest BCUT2D eigenvalue weighted by molar-refractivity contribution is 9.10. The first kappa shape index (κ1) is 12.8. The Morgan fingerprint density at radius 1 is 1.13 bits per heavy atom. The molecule has 0 fully saturated rings. The Hall–Kier alpha value is -0.275. The standard InChI is InChI=1S/C12H18BBrN/c1-9(2)15(10(3)4)13-11-6-5-7-12(14)8-11/h5-10H,1-4H3. The van der Waals surface area contributed by atoms with Gasteiger partial charge < -0.3 is 4.81 Å². The predicted octanol–water partition coefficient (Wildman–Crippen LogP) is 2.81. The third-order valence-electron chi connectivity index (χ3n) is 2.34. The van der Waals surface area contributed by atoms with Gasteiger partial charge >= 0.3 is 0 Å². The van der Waals surface area contributed by atoms with Crippen LogP contribution in [0.1, 0.15) is 27.7 Å². The number of hydrogen-bond acceptors (Lipinski definition) is 1. The highest BCUT2D eigenvalue weighted by atomic mass is 79.9. The highest BCUT2D eigenvalue weighted by Gasteiger charge is 2.14. The lowest BCUT2D eigenvalue weighted by atomic mass is 9.78. The van der Waals surface area contributed by atoms with Gasteiger partial charge in [0.15, 0.2) is 0 Å². The average molecular weight is 267 g/mol. The summed E-state index contributed by atoms with van der Waals surface area (Å²) >= 11 is 3.49. The molecule has 0 aliphatic heterocycles. The summed E-state index contributed by atoms with van der Waals surface area (Å²) in [4.78, 5) is 2.36. The molecular weight excluding hydrogens is 249 g/mol. The Balaban J connectivity index is 2.74. The third-order valence-corrected chi connectivity index (χ3v) is 2.83. The number of benzene rings is 1. The zero-order valence-corrected chi connectivity index (χ0v) is 11.5. The minimum absolute atomic E-state index is 0.531. The zero-order valence-electron chi connectivity index (χ0n) is 9.87. The predicted molar refractivity (Wildman–Crippen MR) is 71.6 cm³/mol. The highest BCUT2D eigenvalue weighted by Crippen LogP contribution is 2.07. The molecule has 1 aromatic rings. The minimum atomic E-state index is 0.531. The Kier molecular flexibility index (Phi) is 4.87. The van der Waals surface area contributed by atoms with Crippen LogP contribution in [-0.2, 0) is 0 Å². The van der Waals surface area contributed by atoms with Crippen molar-refractivity contribution >= 4 is 28.8 Å². The molecule has 0 saturated carbocycles. The molecule has 0 aliphatic carbocycles. The Morgan fingerprint density at radius 3 is 2.20 bits per heavy atom. The van der Waals surface area contributed by atoms with Crippen LogP contribution in [0.3, 0.4) is 0 Å². The van der Waals surface area contributed by atoms with Crippen molar-refractivity contribution in [2.24, 2.45) is 0 Å². The largest absolute Gasteiger partial charge is 0.338 e. The second-order valence-electron chi connectivity index (χ2n) is 4.32. The van der Waals surface area contributed by atoms with Crippen molar-refractivity contribution in [3.63, 3.8) is 0 Å². The molecule has 0 atom stereocenters. The summed E-state index contributed by atoms with van der Waals surface area (Å²) in [5, 5.41) is 0. The smallest absolute Gasteiger partial charge is 0.248 e. The second kappa shape index (κ2) is 5.71. The van der Waals surface area contributed by atoms with Crippen molar-refractivity contribution in [3.05, 3.63) is 28.7 Å². The van der Waals surface area contributed by atoms with Crippen LogP contribution in [0.25, 0.3) is 0 Å². The first-order valence-electron chi connectivity index (χ1n) is 5.38. The molecule has 15 heavy (non-hydrogen) atoms. The van der Waals surface area contributed by atoms with Gasteiger partial charge in [-0.25, -0.2) is 0 Å². The molecule has 0 amide bonds. The molecule has 1 nitrogen and oxygen atoms in total. The SMILES string of the molecule is CC(C)N([B]c1cccc(Br)c1)C(C)C. The first-order chi connectivity index (χ1) is 7.00. The van der Waals surface area contributed by atoms with Gasteiger partial charge in [-0.2, -0.15) is 0 Å². The third kappa shape index (κ3) is 4.00. The maximum Gasteiger partial charge on any atom is 0.248 e. The summed E-state index contributed by atoms with van der Waals surface area (Å²) in [6, 6.07) is 9.44. The molecule has 0 N–H and O–H groups in total. The van der Waals surface area contributed by atoms with Crippen molar-refractivity contribution in [2.45, 2.75) is 39.8 Å². The van der Waals surface area contributed by atoms with E-state index in [0.29, 0.717) is 12.1 Å². The molecule has 1 rings (SSSR count). The summed E-state index contributed by atoms with van der Waals surface area (Å²) in [5.41, 5.74) is 1.24. The van der Waals surface area contributed by atoms with E-state index in [-0.39, 0.29) is 0 Å². The lowest BCUT2D eigenvalue weighted by Crippen LogP contribution is -2.45. The molecule has 0 aliphatic rings. The van der Waals surface area contributed by atoms with Crippen LogP contribution in [0.5, 0.6) is 0 Å². The van der Waals surface area contributed by atoms with Crippen LogP contribution >= 0.6 is 15.9 Å². The molecule has 0 saturated heterocycles. The maximum absolute atomic E-state index is 3.49. The van der Waals surface area contributed by atoms with E-state index >= 15 is 0 Å². The Bertz CT molecular complexity index is 304. The van der Waals surface area contributed by atoms with Crippen molar-refractivity contribution in [3.8, 4) is 0 Å². The van der Waals surface area contributed by atoms with E-state index in [1.807, 2.05) is 6.07 Å². The number of rotatable bonds is 4. The second-order valence-corrected chi connectivity index (χ2v) is 5.23. The van der Waals surface area contributed by atoms with Crippen molar-refractivity contribution in [1.29, 1.82) is 0 Å². The van der Waals surface area contributed by atoms with E-state index in [1.165, 1.54) is 5.46 Å². The van der Waals surface area contributed by atoms with Gasteiger partial charge in [0.25, 0.3) is 0 Å². The number of halogens is 1. The van der Waals surface area contributed by atoms with Crippen LogP contribution < -0.4 is 5.46 Å². The molecule has 1 radical (unpaired) electrons. The van der Waals surface area contributed by atoms with Gasteiger partial charge in [0.1, 0.15) is 0 Å². The summed E-state index contributed by atoms with van der Waals surface area (Å²) < 4.78 is 1.13. The summed E-state index contributed by atoms with van der Waals surface area (Å²) in [6.07, 6.45) is 0. The molecule has 81 valence electrons. The first-order valence-corrected chi connectivity index (χ1v) is 6.18. The minimum Gasteiger partial charge on any atom is -0.338 e. The topological polar surface area (TPSA) is 3.24 Å². The molecule has 0 heterocycles. The Morgan fingerprint density at radius 2 is 1.73 bits per heavy atom. The monoisotopic (exact) mass is 266 g/mol.